The quantitative estimate of drug-likeness (QED) is 0.859. The molecule has 1 aromatic carbocycles. The second kappa shape index (κ2) is 5.90. The highest BCUT2D eigenvalue weighted by Crippen LogP contribution is 2.24. The average Bonchev–Trinajstić information content (AvgIpc) is 2.28. The molecule has 0 aliphatic rings. The zero-order chi connectivity index (χ0) is 12.8. The van der Waals surface area contributed by atoms with Crippen LogP contribution < -0.4 is 10.1 Å². The number of amides is 1. The maximum Gasteiger partial charge on any atom is 0.257 e. The van der Waals surface area contributed by atoms with Crippen LogP contribution in [0.4, 0.5) is 0 Å². The lowest BCUT2D eigenvalue weighted by Crippen LogP contribution is -2.28. The number of likely N-dealkylation sites (N-methyl/N-ethyl adjacent to an activating group) is 1. The van der Waals surface area contributed by atoms with E-state index in [9.17, 15) is 4.79 Å². The fourth-order valence-electron chi connectivity index (χ4n) is 1.63. The molecule has 0 fully saturated rings. The molecule has 0 aliphatic carbocycles. The average molecular weight is 232 g/mol. The van der Waals surface area contributed by atoms with E-state index in [1.165, 1.54) is 0 Å². The molecule has 0 unspecified atom stereocenters. The summed E-state index contributed by atoms with van der Waals surface area (Å²) in [6.45, 7) is 6.17. The smallest absolute Gasteiger partial charge is 0.257 e. The Morgan fingerprint density at radius 2 is 2.00 bits per heavy atom. The van der Waals surface area contributed by atoms with Crippen molar-refractivity contribution in [2.45, 2.75) is 20.8 Å². The number of nitriles is 1. The van der Waals surface area contributed by atoms with Gasteiger partial charge in [0.15, 0.2) is 6.61 Å². The van der Waals surface area contributed by atoms with E-state index in [0.29, 0.717) is 17.9 Å². The fourth-order valence-corrected chi connectivity index (χ4v) is 1.63. The highest BCUT2D eigenvalue weighted by Gasteiger charge is 2.08. The fraction of sp³-hybridized carbons (Fsp3) is 0.385. The summed E-state index contributed by atoms with van der Waals surface area (Å²) in [6.07, 6.45) is 0. The van der Waals surface area contributed by atoms with Gasteiger partial charge in [0.2, 0.25) is 0 Å². The van der Waals surface area contributed by atoms with Crippen molar-refractivity contribution in [3.05, 3.63) is 28.8 Å². The van der Waals surface area contributed by atoms with Crippen LogP contribution >= 0.6 is 0 Å². The predicted octanol–water partition coefficient (Wildman–Crippen LogP) is 1.69. The molecule has 17 heavy (non-hydrogen) atoms. The number of benzene rings is 1. The molecule has 0 atom stereocenters. The molecule has 0 aliphatic heterocycles. The monoisotopic (exact) mass is 232 g/mol. The van der Waals surface area contributed by atoms with Crippen molar-refractivity contribution < 1.29 is 9.53 Å². The third kappa shape index (κ3) is 3.49. The lowest BCUT2D eigenvalue weighted by atomic mass is 10.1. The molecule has 0 saturated heterocycles. The van der Waals surface area contributed by atoms with Crippen LogP contribution in [0.15, 0.2) is 12.1 Å². The first-order valence-corrected chi connectivity index (χ1v) is 5.49. The summed E-state index contributed by atoms with van der Waals surface area (Å²) < 4.78 is 5.46. The van der Waals surface area contributed by atoms with Crippen molar-refractivity contribution in [2.75, 3.05) is 13.2 Å². The molecule has 4 nitrogen and oxygen atoms in total. The van der Waals surface area contributed by atoms with Crippen molar-refractivity contribution >= 4 is 5.91 Å². The molecule has 0 heterocycles. The minimum Gasteiger partial charge on any atom is -0.483 e. The molecule has 1 N–H and O–H groups in total. The van der Waals surface area contributed by atoms with E-state index in [1.807, 2.05) is 20.8 Å². The Bertz CT molecular complexity index is 438. The zero-order valence-corrected chi connectivity index (χ0v) is 10.3. The van der Waals surface area contributed by atoms with Gasteiger partial charge in [-0.1, -0.05) is 0 Å². The molecule has 1 amide bonds. The number of carbonyl (C=O) groups is 1. The number of nitrogens with zero attached hydrogens (tertiary/aromatic N) is 1. The molecular formula is C13H16N2O2. The Kier molecular flexibility index (Phi) is 4.53. The largest absolute Gasteiger partial charge is 0.483 e. The van der Waals surface area contributed by atoms with E-state index < -0.39 is 0 Å². The second-order valence-corrected chi connectivity index (χ2v) is 3.79. The van der Waals surface area contributed by atoms with Crippen molar-refractivity contribution in [2.24, 2.45) is 0 Å². The Morgan fingerprint density at radius 1 is 1.41 bits per heavy atom. The Balaban J connectivity index is 2.79. The number of hydrogen-bond acceptors (Lipinski definition) is 3. The van der Waals surface area contributed by atoms with Gasteiger partial charge >= 0.3 is 0 Å². The number of nitrogens with one attached hydrogen (secondary N) is 1. The second-order valence-electron chi connectivity index (χ2n) is 3.79. The first kappa shape index (κ1) is 13.0. The molecule has 0 aromatic heterocycles. The first-order valence-electron chi connectivity index (χ1n) is 5.49. The molecule has 0 saturated carbocycles. The summed E-state index contributed by atoms with van der Waals surface area (Å²) in [6, 6.07) is 5.59. The summed E-state index contributed by atoms with van der Waals surface area (Å²) in [7, 11) is 0. The molecule has 0 bridgehead atoms. The standard InChI is InChI=1S/C13H16N2O2/c1-4-15-12(16)8-17-13-9(2)5-11(7-14)6-10(13)3/h5-6H,4,8H2,1-3H3,(H,15,16). The Labute approximate surface area is 101 Å². The SMILES string of the molecule is CCNC(=O)COc1c(C)cc(C#N)cc1C. The van der Waals surface area contributed by atoms with Crippen molar-refractivity contribution in [3.63, 3.8) is 0 Å². The maximum absolute atomic E-state index is 11.3. The van der Waals surface area contributed by atoms with E-state index in [0.717, 1.165) is 11.1 Å². The van der Waals surface area contributed by atoms with Gasteiger partial charge in [-0.25, -0.2) is 0 Å². The highest BCUT2D eigenvalue weighted by molar-refractivity contribution is 5.77. The van der Waals surface area contributed by atoms with Crippen LogP contribution in [-0.2, 0) is 4.79 Å². The predicted molar refractivity (Wildman–Crippen MR) is 64.8 cm³/mol. The molecule has 1 rings (SSSR count). The van der Waals surface area contributed by atoms with Gasteiger partial charge in [-0.2, -0.15) is 5.26 Å². The van der Waals surface area contributed by atoms with E-state index in [-0.39, 0.29) is 12.5 Å². The number of hydrogen-bond donors (Lipinski definition) is 1. The molecule has 1 aromatic rings. The minimum absolute atomic E-state index is 0.00141. The normalized spacial score (nSPS) is 9.53. The van der Waals surface area contributed by atoms with Gasteiger partial charge in [0, 0.05) is 6.54 Å². The summed E-state index contributed by atoms with van der Waals surface area (Å²) in [5.74, 6) is 0.533. The van der Waals surface area contributed by atoms with E-state index in [1.54, 1.807) is 12.1 Å². The topological polar surface area (TPSA) is 62.1 Å². The Morgan fingerprint density at radius 3 is 2.47 bits per heavy atom. The van der Waals surface area contributed by atoms with E-state index in [2.05, 4.69) is 11.4 Å². The number of ether oxygens (including phenoxy) is 1. The van der Waals surface area contributed by atoms with Gasteiger partial charge in [-0.3, -0.25) is 4.79 Å². The van der Waals surface area contributed by atoms with Crippen LogP contribution in [0.3, 0.4) is 0 Å². The van der Waals surface area contributed by atoms with Crippen LogP contribution in [0.25, 0.3) is 0 Å². The number of aryl methyl sites for hydroxylation is 2. The van der Waals surface area contributed by atoms with Gasteiger partial charge in [0.05, 0.1) is 11.6 Å². The van der Waals surface area contributed by atoms with Gasteiger partial charge in [0.25, 0.3) is 5.91 Å². The molecule has 90 valence electrons. The summed E-state index contributed by atoms with van der Waals surface area (Å²) in [5, 5.41) is 11.5. The number of rotatable bonds is 4. The Hall–Kier alpha value is -2.02. The zero-order valence-electron chi connectivity index (χ0n) is 10.3. The highest BCUT2D eigenvalue weighted by atomic mass is 16.5. The lowest BCUT2D eigenvalue weighted by Gasteiger charge is -2.12. The van der Waals surface area contributed by atoms with Crippen molar-refractivity contribution in [1.29, 1.82) is 5.26 Å². The van der Waals surface area contributed by atoms with Crippen LogP contribution in [0.5, 0.6) is 5.75 Å². The van der Waals surface area contributed by atoms with Crippen LogP contribution in [0, 0.1) is 25.2 Å². The minimum atomic E-state index is -0.143. The van der Waals surface area contributed by atoms with Crippen LogP contribution in [-0.4, -0.2) is 19.1 Å². The first-order chi connectivity index (χ1) is 8.08. The van der Waals surface area contributed by atoms with Crippen LogP contribution in [0.2, 0.25) is 0 Å². The van der Waals surface area contributed by atoms with Gasteiger partial charge in [-0.05, 0) is 44.0 Å². The van der Waals surface area contributed by atoms with Crippen LogP contribution in [0.1, 0.15) is 23.6 Å². The molecule has 0 spiro atoms. The number of carbonyl (C=O) groups excluding carboxylic acids is 1. The van der Waals surface area contributed by atoms with Crippen molar-refractivity contribution in [3.8, 4) is 11.8 Å². The summed E-state index contributed by atoms with van der Waals surface area (Å²) >= 11 is 0. The molecular weight excluding hydrogens is 216 g/mol. The third-order valence-corrected chi connectivity index (χ3v) is 2.31. The van der Waals surface area contributed by atoms with Crippen molar-refractivity contribution in [1.82, 2.24) is 5.32 Å². The maximum atomic E-state index is 11.3. The van der Waals surface area contributed by atoms with Gasteiger partial charge in [-0.15, -0.1) is 0 Å². The van der Waals surface area contributed by atoms with Gasteiger partial charge < -0.3 is 10.1 Å². The van der Waals surface area contributed by atoms with Gasteiger partial charge in [0.1, 0.15) is 5.75 Å². The molecule has 4 heteroatoms. The summed E-state index contributed by atoms with van der Waals surface area (Å²) in [5.41, 5.74) is 2.34. The third-order valence-electron chi connectivity index (χ3n) is 2.31. The molecule has 0 radical (unpaired) electrons. The lowest BCUT2D eigenvalue weighted by molar-refractivity contribution is -0.122. The summed E-state index contributed by atoms with van der Waals surface area (Å²) in [4.78, 5) is 11.3. The van der Waals surface area contributed by atoms with E-state index >= 15 is 0 Å². The van der Waals surface area contributed by atoms with E-state index in [4.69, 9.17) is 10.00 Å².